The van der Waals surface area contributed by atoms with Crippen molar-refractivity contribution in [1.82, 2.24) is 14.9 Å². The second kappa shape index (κ2) is 7.61. The molecule has 1 N–H and O–H groups in total. The Morgan fingerprint density at radius 3 is 2.76 bits per heavy atom. The number of imidazole rings is 1. The summed E-state index contributed by atoms with van der Waals surface area (Å²) in [4.78, 5) is 6.42. The summed E-state index contributed by atoms with van der Waals surface area (Å²) in [5.74, 6) is 2.27. The van der Waals surface area contributed by atoms with Gasteiger partial charge in [-0.3, -0.25) is 0 Å². The minimum atomic E-state index is 0.899. The van der Waals surface area contributed by atoms with Crippen LogP contribution in [0.1, 0.15) is 18.5 Å². The third-order valence-corrected chi connectivity index (χ3v) is 3.41. The molecule has 1 heterocycles. The largest absolute Gasteiger partial charge is 0.348 e. The van der Waals surface area contributed by atoms with Gasteiger partial charge in [0.25, 0.3) is 0 Å². The monoisotopic (exact) mass is 256 g/mol. The first-order chi connectivity index (χ1) is 8.16. The van der Waals surface area contributed by atoms with E-state index in [1.54, 1.807) is 0 Å². The Balaban J connectivity index is 2.27. The SMILES string of the molecule is CSCCCCNCc1cnc(N(C)C)n1C. The van der Waals surface area contributed by atoms with Crippen molar-refractivity contribution in [1.29, 1.82) is 0 Å². The van der Waals surface area contributed by atoms with Gasteiger partial charge in [0.05, 0.1) is 11.9 Å². The van der Waals surface area contributed by atoms with Crippen molar-refractivity contribution in [3.05, 3.63) is 11.9 Å². The summed E-state index contributed by atoms with van der Waals surface area (Å²) in [6.45, 7) is 1.99. The Morgan fingerprint density at radius 1 is 1.41 bits per heavy atom. The van der Waals surface area contributed by atoms with Gasteiger partial charge in [-0.25, -0.2) is 4.98 Å². The highest BCUT2D eigenvalue weighted by molar-refractivity contribution is 7.98. The van der Waals surface area contributed by atoms with Crippen molar-refractivity contribution in [3.63, 3.8) is 0 Å². The highest BCUT2D eigenvalue weighted by Gasteiger charge is 2.06. The van der Waals surface area contributed by atoms with Crippen LogP contribution in [-0.4, -0.2) is 42.2 Å². The van der Waals surface area contributed by atoms with Gasteiger partial charge in [0, 0.05) is 27.7 Å². The van der Waals surface area contributed by atoms with E-state index in [-0.39, 0.29) is 0 Å². The van der Waals surface area contributed by atoms with Gasteiger partial charge >= 0.3 is 0 Å². The molecule has 5 heteroatoms. The Labute approximate surface area is 109 Å². The second-order valence-corrected chi connectivity index (χ2v) is 5.37. The fourth-order valence-electron chi connectivity index (χ4n) is 1.73. The first-order valence-corrected chi connectivity index (χ1v) is 7.43. The zero-order valence-electron chi connectivity index (χ0n) is 11.4. The summed E-state index contributed by atoms with van der Waals surface area (Å²) >= 11 is 1.92. The molecule has 17 heavy (non-hydrogen) atoms. The third-order valence-electron chi connectivity index (χ3n) is 2.72. The molecule has 0 fully saturated rings. The van der Waals surface area contributed by atoms with Gasteiger partial charge in [0.15, 0.2) is 0 Å². The number of unbranched alkanes of at least 4 members (excludes halogenated alkanes) is 1. The van der Waals surface area contributed by atoms with Crippen LogP contribution in [0.2, 0.25) is 0 Å². The summed E-state index contributed by atoms with van der Waals surface area (Å²) in [7, 11) is 6.09. The van der Waals surface area contributed by atoms with E-state index >= 15 is 0 Å². The van der Waals surface area contributed by atoms with Crippen LogP contribution in [0.3, 0.4) is 0 Å². The van der Waals surface area contributed by atoms with E-state index in [4.69, 9.17) is 0 Å². The van der Waals surface area contributed by atoms with Gasteiger partial charge in [-0.1, -0.05) is 0 Å². The minimum absolute atomic E-state index is 0.899. The molecule has 0 spiro atoms. The normalized spacial score (nSPS) is 10.8. The highest BCUT2D eigenvalue weighted by atomic mass is 32.2. The number of hydrogen-bond donors (Lipinski definition) is 1. The number of hydrogen-bond acceptors (Lipinski definition) is 4. The fourth-order valence-corrected chi connectivity index (χ4v) is 2.22. The van der Waals surface area contributed by atoms with E-state index in [1.807, 2.05) is 37.0 Å². The predicted molar refractivity (Wildman–Crippen MR) is 76.9 cm³/mol. The molecule has 0 saturated carbocycles. The minimum Gasteiger partial charge on any atom is -0.348 e. The summed E-state index contributed by atoms with van der Waals surface area (Å²) in [6, 6.07) is 0. The third kappa shape index (κ3) is 4.60. The van der Waals surface area contributed by atoms with E-state index in [1.165, 1.54) is 24.3 Å². The lowest BCUT2D eigenvalue weighted by Gasteiger charge is -2.12. The number of anilines is 1. The average molecular weight is 256 g/mol. The quantitative estimate of drug-likeness (QED) is 0.718. The van der Waals surface area contributed by atoms with Crippen molar-refractivity contribution >= 4 is 17.7 Å². The summed E-state index contributed by atoms with van der Waals surface area (Å²) in [5.41, 5.74) is 1.23. The lowest BCUT2D eigenvalue weighted by atomic mass is 10.3. The Kier molecular flexibility index (Phi) is 6.44. The van der Waals surface area contributed by atoms with Crippen molar-refractivity contribution < 1.29 is 0 Å². The molecule has 0 aliphatic heterocycles. The van der Waals surface area contributed by atoms with Crippen LogP contribution in [0, 0.1) is 0 Å². The number of rotatable bonds is 8. The van der Waals surface area contributed by atoms with Gasteiger partial charge in [-0.2, -0.15) is 11.8 Å². The molecule has 4 nitrogen and oxygen atoms in total. The average Bonchev–Trinajstić information content (AvgIpc) is 2.65. The second-order valence-electron chi connectivity index (χ2n) is 4.38. The van der Waals surface area contributed by atoms with Crippen LogP contribution in [-0.2, 0) is 13.6 Å². The number of nitrogens with one attached hydrogen (secondary N) is 1. The first kappa shape index (κ1) is 14.4. The van der Waals surface area contributed by atoms with Crippen LogP contribution in [0.25, 0.3) is 0 Å². The van der Waals surface area contributed by atoms with Crippen LogP contribution in [0.15, 0.2) is 6.20 Å². The molecule has 1 aromatic heterocycles. The molecule has 0 aliphatic rings. The molecule has 0 amide bonds. The zero-order valence-corrected chi connectivity index (χ0v) is 12.2. The van der Waals surface area contributed by atoms with E-state index in [0.29, 0.717) is 0 Å². The van der Waals surface area contributed by atoms with Crippen LogP contribution < -0.4 is 10.2 Å². The molecular formula is C12H24N4S. The van der Waals surface area contributed by atoms with E-state index in [0.717, 1.165) is 19.0 Å². The van der Waals surface area contributed by atoms with Gasteiger partial charge in [-0.05, 0) is 31.4 Å². The van der Waals surface area contributed by atoms with Gasteiger partial charge in [-0.15, -0.1) is 0 Å². The van der Waals surface area contributed by atoms with Crippen LogP contribution >= 0.6 is 11.8 Å². The molecule has 0 atom stereocenters. The maximum absolute atomic E-state index is 4.39. The molecule has 1 rings (SSSR count). The molecule has 0 aliphatic carbocycles. The molecule has 1 aromatic rings. The standard InChI is InChI=1S/C12H24N4S/c1-15(2)12-14-10-11(16(12)3)9-13-7-5-6-8-17-4/h10,13H,5-9H2,1-4H3. The summed E-state index contributed by atoms with van der Waals surface area (Å²) in [5, 5.41) is 3.47. The van der Waals surface area contributed by atoms with E-state index in [9.17, 15) is 0 Å². The van der Waals surface area contributed by atoms with Crippen molar-refractivity contribution in [2.24, 2.45) is 7.05 Å². The molecule has 98 valence electrons. The Hall–Kier alpha value is -0.680. The maximum atomic E-state index is 4.39. The van der Waals surface area contributed by atoms with Crippen LogP contribution in [0.5, 0.6) is 0 Å². The molecule has 0 bridgehead atoms. The molecule has 0 aromatic carbocycles. The first-order valence-electron chi connectivity index (χ1n) is 6.04. The van der Waals surface area contributed by atoms with Crippen molar-refractivity contribution in [3.8, 4) is 0 Å². The van der Waals surface area contributed by atoms with Crippen molar-refractivity contribution in [2.75, 3.05) is 37.5 Å². The van der Waals surface area contributed by atoms with E-state index in [2.05, 4.69) is 28.2 Å². The van der Waals surface area contributed by atoms with E-state index < -0.39 is 0 Å². The van der Waals surface area contributed by atoms with Crippen molar-refractivity contribution in [2.45, 2.75) is 19.4 Å². The zero-order chi connectivity index (χ0) is 12.7. The van der Waals surface area contributed by atoms with Crippen LogP contribution in [0.4, 0.5) is 5.95 Å². The topological polar surface area (TPSA) is 33.1 Å². The predicted octanol–water partition coefficient (Wildman–Crippen LogP) is 1.72. The maximum Gasteiger partial charge on any atom is 0.204 e. The lowest BCUT2D eigenvalue weighted by Crippen LogP contribution is -2.19. The summed E-state index contributed by atoms with van der Waals surface area (Å²) in [6.07, 6.45) is 6.65. The Morgan fingerprint density at radius 2 is 2.18 bits per heavy atom. The summed E-state index contributed by atoms with van der Waals surface area (Å²) < 4.78 is 2.13. The Bertz CT molecular complexity index is 322. The number of nitrogens with zero attached hydrogens (tertiary/aromatic N) is 3. The van der Waals surface area contributed by atoms with Gasteiger partial charge in [0.1, 0.15) is 0 Å². The smallest absolute Gasteiger partial charge is 0.204 e. The number of aromatic nitrogens is 2. The molecule has 0 saturated heterocycles. The van der Waals surface area contributed by atoms with Gasteiger partial charge < -0.3 is 14.8 Å². The molecular weight excluding hydrogens is 232 g/mol. The highest BCUT2D eigenvalue weighted by Crippen LogP contribution is 2.10. The molecule has 0 unspecified atom stereocenters. The fraction of sp³-hybridized carbons (Fsp3) is 0.750. The number of thioether (sulfide) groups is 1. The lowest BCUT2D eigenvalue weighted by molar-refractivity contribution is 0.621. The van der Waals surface area contributed by atoms with Gasteiger partial charge in [0.2, 0.25) is 5.95 Å². The molecule has 0 radical (unpaired) electrons.